The van der Waals surface area contributed by atoms with E-state index >= 15 is 0 Å². The molecule has 1 N–H and O–H groups in total. The maximum absolute atomic E-state index is 14.5. The molecule has 0 spiro atoms. The monoisotopic (exact) mass is 349 g/mol. The van der Waals surface area contributed by atoms with Gasteiger partial charge in [-0.3, -0.25) is 0 Å². The number of hydrogen-bond donors (Lipinski definition) is 1. The van der Waals surface area contributed by atoms with Crippen LogP contribution in [-0.2, 0) is 0 Å². The highest BCUT2D eigenvalue weighted by atomic mass is 79.9. The molecule has 0 saturated heterocycles. The molecule has 0 saturated carbocycles. The third-order valence-corrected chi connectivity index (χ3v) is 4.56. The molecule has 0 heterocycles. The van der Waals surface area contributed by atoms with Gasteiger partial charge >= 0.3 is 0 Å². The Balaban J connectivity index is 2.55. The summed E-state index contributed by atoms with van der Waals surface area (Å²) in [4.78, 5) is 0. The van der Waals surface area contributed by atoms with Crippen molar-refractivity contribution >= 4 is 15.9 Å². The summed E-state index contributed by atoms with van der Waals surface area (Å²) in [5, 5.41) is 3.40. The second kappa shape index (κ2) is 6.71. The quantitative estimate of drug-likeness (QED) is 0.798. The van der Waals surface area contributed by atoms with Gasteiger partial charge in [0.2, 0.25) is 0 Å². The molecule has 0 fully saturated rings. The molecule has 112 valence electrons. The Morgan fingerprint density at radius 2 is 1.81 bits per heavy atom. The summed E-state index contributed by atoms with van der Waals surface area (Å²) >= 11 is 3.57. The molecule has 1 nitrogen and oxygen atoms in total. The van der Waals surface area contributed by atoms with E-state index in [-0.39, 0.29) is 11.9 Å². The van der Waals surface area contributed by atoms with Crippen molar-refractivity contribution in [3.63, 3.8) is 0 Å². The summed E-state index contributed by atoms with van der Waals surface area (Å²) in [6.07, 6.45) is 0. The van der Waals surface area contributed by atoms with E-state index < -0.39 is 0 Å². The first-order valence-corrected chi connectivity index (χ1v) is 7.99. The van der Waals surface area contributed by atoms with Crippen LogP contribution in [0.25, 0.3) is 0 Å². The van der Waals surface area contributed by atoms with Crippen molar-refractivity contribution in [2.45, 2.75) is 33.7 Å². The van der Waals surface area contributed by atoms with E-state index in [2.05, 4.69) is 39.4 Å². The lowest BCUT2D eigenvalue weighted by Gasteiger charge is -2.22. The van der Waals surface area contributed by atoms with Crippen molar-refractivity contribution in [3.05, 3.63) is 68.4 Å². The van der Waals surface area contributed by atoms with Gasteiger partial charge in [0.1, 0.15) is 5.82 Å². The molecule has 0 amide bonds. The predicted octanol–water partition coefficient (Wildman–Crippen LogP) is 5.21. The summed E-state index contributed by atoms with van der Waals surface area (Å²) in [5.41, 5.74) is 4.91. The molecule has 21 heavy (non-hydrogen) atoms. The summed E-state index contributed by atoms with van der Waals surface area (Å²) in [7, 11) is 0. The Bertz CT molecular complexity index is 629. The number of rotatable bonds is 4. The molecular formula is C18H21BrFN. The Hall–Kier alpha value is -1.19. The number of aryl methyl sites for hydroxylation is 3. The molecule has 0 radical (unpaired) electrons. The van der Waals surface area contributed by atoms with Crippen molar-refractivity contribution in [1.29, 1.82) is 0 Å². The Morgan fingerprint density at radius 3 is 2.38 bits per heavy atom. The largest absolute Gasteiger partial charge is 0.306 e. The first-order chi connectivity index (χ1) is 9.93. The van der Waals surface area contributed by atoms with Crippen LogP contribution in [0.3, 0.4) is 0 Å². The van der Waals surface area contributed by atoms with Crippen LogP contribution >= 0.6 is 15.9 Å². The number of halogens is 2. The number of benzene rings is 2. The second-order valence-electron chi connectivity index (χ2n) is 5.48. The highest BCUT2D eigenvalue weighted by molar-refractivity contribution is 9.10. The van der Waals surface area contributed by atoms with Crippen LogP contribution in [0, 0.1) is 26.6 Å². The van der Waals surface area contributed by atoms with Gasteiger partial charge in [-0.2, -0.15) is 0 Å². The molecule has 0 aromatic heterocycles. The molecular weight excluding hydrogens is 329 g/mol. The smallest absolute Gasteiger partial charge is 0.128 e. The Morgan fingerprint density at radius 1 is 1.10 bits per heavy atom. The number of hydrogen-bond acceptors (Lipinski definition) is 1. The van der Waals surface area contributed by atoms with Gasteiger partial charge in [0, 0.05) is 10.0 Å². The van der Waals surface area contributed by atoms with Crippen molar-refractivity contribution < 1.29 is 4.39 Å². The molecule has 1 unspecified atom stereocenters. The van der Waals surface area contributed by atoms with Crippen LogP contribution < -0.4 is 5.32 Å². The lowest BCUT2D eigenvalue weighted by Crippen LogP contribution is -2.24. The maximum Gasteiger partial charge on any atom is 0.128 e. The fourth-order valence-electron chi connectivity index (χ4n) is 2.67. The molecule has 1 atom stereocenters. The third-order valence-electron chi connectivity index (χ3n) is 3.71. The van der Waals surface area contributed by atoms with Crippen molar-refractivity contribution in [2.75, 3.05) is 6.54 Å². The topological polar surface area (TPSA) is 12.0 Å². The third kappa shape index (κ3) is 3.53. The minimum absolute atomic E-state index is 0.132. The van der Waals surface area contributed by atoms with Crippen LogP contribution in [0.1, 0.15) is 40.8 Å². The van der Waals surface area contributed by atoms with Crippen LogP contribution in [0.2, 0.25) is 0 Å². The van der Waals surface area contributed by atoms with E-state index in [1.807, 2.05) is 33.8 Å². The fourth-order valence-corrected chi connectivity index (χ4v) is 3.07. The first kappa shape index (κ1) is 16.2. The molecule has 0 aliphatic heterocycles. The molecule has 0 bridgehead atoms. The van der Waals surface area contributed by atoms with E-state index in [1.165, 1.54) is 5.56 Å². The van der Waals surface area contributed by atoms with Crippen LogP contribution in [-0.4, -0.2) is 6.54 Å². The van der Waals surface area contributed by atoms with Crippen LogP contribution in [0.15, 0.2) is 34.8 Å². The van der Waals surface area contributed by atoms with Crippen LogP contribution in [0.5, 0.6) is 0 Å². The predicted molar refractivity (Wildman–Crippen MR) is 90.3 cm³/mol. The zero-order valence-corrected chi connectivity index (χ0v) is 14.5. The van der Waals surface area contributed by atoms with E-state index in [0.29, 0.717) is 0 Å². The summed E-state index contributed by atoms with van der Waals surface area (Å²) in [6, 6.07) is 9.70. The van der Waals surface area contributed by atoms with Crippen molar-refractivity contribution in [3.8, 4) is 0 Å². The fraction of sp³-hybridized carbons (Fsp3) is 0.333. The lowest BCUT2D eigenvalue weighted by molar-refractivity contribution is 0.555. The van der Waals surface area contributed by atoms with Gasteiger partial charge < -0.3 is 5.32 Å². The van der Waals surface area contributed by atoms with E-state index in [0.717, 1.165) is 33.3 Å². The summed E-state index contributed by atoms with van der Waals surface area (Å²) in [6.45, 7) is 8.76. The molecule has 3 heteroatoms. The highest BCUT2D eigenvalue weighted by Gasteiger charge is 2.20. The van der Waals surface area contributed by atoms with Gasteiger partial charge in [0.15, 0.2) is 0 Å². The van der Waals surface area contributed by atoms with Gasteiger partial charge in [0.25, 0.3) is 0 Å². The average Bonchev–Trinajstić information content (AvgIpc) is 2.40. The lowest BCUT2D eigenvalue weighted by atomic mass is 9.92. The Labute approximate surface area is 134 Å². The first-order valence-electron chi connectivity index (χ1n) is 7.20. The SMILES string of the molecule is CCNC(c1ccc(C)c(Br)c1)c1c(C)cc(C)cc1F. The maximum atomic E-state index is 14.5. The van der Waals surface area contributed by atoms with Crippen LogP contribution in [0.4, 0.5) is 4.39 Å². The van der Waals surface area contributed by atoms with Crippen molar-refractivity contribution in [1.82, 2.24) is 5.32 Å². The summed E-state index contributed by atoms with van der Waals surface area (Å²) < 4.78 is 15.5. The minimum Gasteiger partial charge on any atom is -0.306 e. The van der Waals surface area contributed by atoms with E-state index in [4.69, 9.17) is 0 Å². The second-order valence-corrected chi connectivity index (χ2v) is 6.33. The van der Waals surface area contributed by atoms with Crippen molar-refractivity contribution in [2.24, 2.45) is 0 Å². The van der Waals surface area contributed by atoms with Gasteiger partial charge in [0.05, 0.1) is 6.04 Å². The van der Waals surface area contributed by atoms with E-state index in [1.54, 1.807) is 6.07 Å². The molecule has 2 aromatic carbocycles. The summed E-state index contributed by atoms with van der Waals surface area (Å²) in [5.74, 6) is -0.143. The van der Waals surface area contributed by atoms with Gasteiger partial charge in [-0.25, -0.2) is 4.39 Å². The van der Waals surface area contributed by atoms with Gasteiger partial charge in [-0.05, 0) is 61.7 Å². The van der Waals surface area contributed by atoms with Gasteiger partial charge in [-0.15, -0.1) is 0 Å². The highest BCUT2D eigenvalue weighted by Crippen LogP contribution is 2.30. The van der Waals surface area contributed by atoms with E-state index in [9.17, 15) is 4.39 Å². The zero-order chi connectivity index (χ0) is 15.6. The molecule has 2 aromatic rings. The number of nitrogens with one attached hydrogen (secondary N) is 1. The standard InChI is InChI=1S/C18H21BrFN/c1-5-21-18(14-7-6-12(3)15(19)10-14)17-13(4)8-11(2)9-16(17)20/h6-10,18,21H,5H2,1-4H3. The molecule has 0 aliphatic rings. The van der Waals surface area contributed by atoms with Gasteiger partial charge in [-0.1, -0.05) is 41.1 Å². The normalized spacial score (nSPS) is 12.5. The average molecular weight is 350 g/mol. The molecule has 2 rings (SSSR count). The zero-order valence-electron chi connectivity index (χ0n) is 12.9. The Kier molecular flexibility index (Phi) is 5.17. The minimum atomic E-state index is -0.143. The molecule has 0 aliphatic carbocycles.